The summed E-state index contributed by atoms with van der Waals surface area (Å²) >= 11 is 0. The van der Waals surface area contributed by atoms with Crippen molar-refractivity contribution in [1.29, 1.82) is 0 Å². The molecule has 4 heteroatoms. The molecule has 0 aliphatic carbocycles. The van der Waals surface area contributed by atoms with Crippen LogP contribution in [0.5, 0.6) is 5.75 Å². The van der Waals surface area contributed by atoms with E-state index >= 15 is 0 Å². The zero-order valence-electron chi connectivity index (χ0n) is 7.73. The molecule has 1 aromatic rings. The molecule has 0 bridgehead atoms. The van der Waals surface area contributed by atoms with E-state index in [0.717, 1.165) is 0 Å². The fourth-order valence-corrected chi connectivity index (χ4v) is 1.21. The van der Waals surface area contributed by atoms with Crippen molar-refractivity contribution in [1.82, 2.24) is 0 Å². The van der Waals surface area contributed by atoms with E-state index in [1.165, 1.54) is 0 Å². The Morgan fingerprint density at radius 2 is 2.07 bits per heavy atom. The maximum atomic E-state index is 10.7. The summed E-state index contributed by atoms with van der Waals surface area (Å²) in [4.78, 5) is 10.7. The van der Waals surface area contributed by atoms with Gasteiger partial charge in [-0.3, -0.25) is 0 Å². The third kappa shape index (κ3) is 1.79. The first-order valence-electron chi connectivity index (χ1n) is 4.28. The molecule has 0 amide bonds. The van der Waals surface area contributed by atoms with E-state index in [2.05, 4.69) is 4.74 Å². The first-order chi connectivity index (χ1) is 6.68. The molecule has 2 rings (SSSR count). The molecule has 0 aromatic heterocycles. The highest BCUT2D eigenvalue weighted by molar-refractivity contribution is 5.62. The molecule has 0 N–H and O–H groups in total. The Morgan fingerprint density at radius 1 is 1.36 bits per heavy atom. The van der Waals surface area contributed by atoms with Gasteiger partial charge in [0, 0.05) is 6.92 Å². The van der Waals surface area contributed by atoms with E-state index < -0.39 is 11.9 Å². The molecule has 0 saturated carbocycles. The molecular formula is C10H10O4. The molecule has 0 radical (unpaired) electrons. The van der Waals surface area contributed by atoms with Crippen molar-refractivity contribution in [3.05, 3.63) is 30.3 Å². The van der Waals surface area contributed by atoms with Gasteiger partial charge in [-0.1, -0.05) is 18.2 Å². The van der Waals surface area contributed by atoms with Gasteiger partial charge in [0.15, 0.2) is 6.61 Å². The number of para-hydroxylation sites is 1. The van der Waals surface area contributed by atoms with Gasteiger partial charge in [0.1, 0.15) is 5.75 Å². The highest BCUT2D eigenvalue weighted by Crippen LogP contribution is 2.24. The normalized spacial score (nSPS) is 25.4. The topological polar surface area (TPSA) is 44.8 Å². The molecule has 1 atom stereocenters. The predicted molar refractivity (Wildman–Crippen MR) is 47.9 cm³/mol. The SMILES string of the molecule is CC1(Oc2ccccc2)COC(=O)O1. The summed E-state index contributed by atoms with van der Waals surface area (Å²) in [5, 5.41) is 0. The van der Waals surface area contributed by atoms with Gasteiger partial charge < -0.3 is 14.2 Å². The second-order valence-electron chi connectivity index (χ2n) is 3.19. The van der Waals surface area contributed by atoms with Crippen LogP contribution < -0.4 is 4.74 Å². The zero-order chi connectivity index (χ0) is 10.0. The summed E-state index contributed by atoms with van der Waals surface area (Å²) in [7, 11) is 0. The quantitative estimate of drug-likeness (QED) is 0.675. The van der Waals surface area contributed by atoms with Crippen molar-refractivity contribution in [3.63, 3.8) is 0 Å². The van der Waals surface area contributed by atoms with Gasteiger partial charge in [-0.15, -0.1) is 0 Å². The maximum absolute atomic E-state index is 10.7. The third-order valence-electron chi connectivity index (χ3n) is 1.83. The zero-order valence-corrected chi connectivity index (χ0v) is 7.73. The summed E-state index contributed by atoms with van der Waals surface area (Å²) in [5.41, 5.74) is 0. The number of hydrogen-bond acceptors (Lipinski definition) is 4. The van der Waals surface area contributed by atoms with Gasteiger partial charge in [0.05, 0.1) is 0 Å². The van der Waals surface area contributed by atoms with Crippen LogP contribution >= 0.6 is 0 Å². The van der Waals surface area contributed by atoms with Crippen LogP contribution in [0.25, 0.3) is 0 Å². The Hall–Kier alpha value is -1.71. The first kappa shape index (κ1) is 8.87. The predicted octanol–water partition coefficient (Wildman–Crippen LogP) is 1.95. The smallest absolute Gasteiger partial charge is 0.449 e. The minimum Gasteiger partial charge on any atom is -0.449 e. The molecule has 1 heterocycles. The number of rotatable bonds is 2. The van der Waals surface area contributed by atoms with E-state index in [1.54, 1.807) is 19.1 Å². The van der Waals surface area contributed by atoms with Crippen LogP contribution in [0.2, 0.25) is 0 Å². The van der Waals surface area contributed by atoms with Crippen LogP contribution in [0.1, 0.15) is 6.92 Å². The number of cyclic esters (lactones) is 2. The Labute approximate surface area is 81.4 Å². The largest absolute Gasteiger partial charge is 0.511 e. The molecule has 1 aliphatic rings. The molecule has 1 fully saturated rings. The molecule has 4 nitrogen and oxygen atoms in total. The second kappa shape index (κ2) is 3.21. The van der Waals surface area contributed by atoms with Crippen LogP contribution in [0.3, 0.4) is 0 Å². The third-order valence-corrected chi connectivity index (χ3v) is 1.83. The van der Waals surface area contributed by atoms with Crippen LogP contribution in [0.15, 0.2) is 30.3 Å². The summed E-state index contributed by atoms with van der Waals surface area (Å²) in [6.45, 7) is 1.77. The highest BCUT2D eigenvalue weighted by Gasteiger charge is 2.40. The lowest BCUT2D eigenvalue weighted by Crippen LogP contribution is -2.34. The Morgan fingerprint density at radius 3 is 2.64 bits per heavy atom. The average molecular weight is 194 g/mol. The minimum atomic E-state index is -1.00. The van der Waals surface area contributed by atoms with Gasteiger partial charge in [0.2, 0.25) is 0 Å². The van der Waals surface area contributed by atoms with Gasteiger partial charge >= 0.3 is 6.16 Å². The Kier molecular flexibility index (Phi) is 2.04. The van der Waals surface area contributed by atoms with Crippen molar-refractivity contribution in [2.24, 2.45) is 0 Å². The van der Waals surface area contributed by atoms with Crippen molar-refractivity contribution < 1.29 is 19.0 Å². The second-order valence-corrected chi connectivity index (χ2v) is 3.19. The molecular weight excluding hydrogens is 184 g/mol. The number of carbonyl (C=O) groups is 1. The van der Waals surface area contributed by atoms with E-state index in [1.807, 2.05) is 18.2 Å². The van der Waals surface area contributed by atoms with Crippen LogP contribution in [-0.2, 0) is 9.47 Å². The molecule has 0 spiro atoms. The fraction of sp³-hybridized carbons (Fsp3) is 0.300. The van der Waals surface area contributed by atoms with Gasteiger partial charge in [-0.05, 0) is 12.1 Å². The van der Waals surface area contributed by atoms with Crippen LogP contribution in [0, 0.1) is 0 Å². The minimum absolute atomic E-state index is 0.112. The first-order valence-corrected chi connectivity index (χ1v) is 4.28. The van der Waals surface area contributed by atoms with Crippen molar-refractivity contribution >= 4 is 6.16 Å². The number of ether oxygens (including phenoxy) is 3. The lowest BCUT2D eigenvalue weighted by molar-refractivity contribution is -0.0938. The summed E-state index contributed by atoms with van der Waals surface area (Å²) in [6, 6.07) is 9.15. The lowest BCUT2D eigenvalue weighted by Gasteiger charge is -2.20. The lowest BCUT2D eigenvalue weighted by atomic mass is 10.3. The van der Waals surface area contributed by atoms with Gasteiger partial charge in [-0.2, -0.15) is 0 Å². The van der Waals surface area contributed by atoms with Crippen molar-refractivity contribution in [3.8, 4) is 5.75 Å². The number of benzene rings is 1. The van der Waals surface area contributed by atoms with Gasteiger partial charge in [0.25, 0.3) is 5.79 Å². The average Bonchev–Trinajstić information content (AvgIpc) is 2.47. The summed E-state index contributed by atoms with van der Waals surface area (Å²) < 4.78 is 15.0. The molecule has 74 valence electrons. The molecule has 1 aromatic carbocycles. The number of hydrogen-bond donors (Lipinski definition) is 0. The Bertz CT molecular complexity index is 335. The van der Waals surface area contributed by atoms with Gasteiger partial charge in [-0.25, -0.2) is 4.79 Å². The summed E-state index contributed by atoms with van der Waals surface area (Å²) in [6.07, 6.45) is -0.691. The fourth-order valence-electron chi connectivity index (χ4n) is 1.21. The standard InChI is InChI=1S/C10H10O4/c1-10(7-12-9(11)14-10)13-8-5-3-2-4-6-8/h2-6H,7H2,1H3. The van der Waals surface area contributed by atoms with Crippen molar-refractivity contribution in [2.45, 2.75) is 12.7 Å². The molecule has 1 unspecified atom stereocenters. The van der Waals surface area contributed by atoms with E-state index in [4.69, 9.17) is 9.47 Å². The van der Waals surface area contributed by atoms with Crippen molar-refractivity contribution in [2.75, 3.05) is 6.61 Å². The highest BCUT2D eigenvalue weighted by atomic mass is 16.8. The Balaban J connectivity index is 2.08. The van der Waals surface area contributed by atoms with Crippen LogP contribution in [-0.4, -0.2) is 18.5 Å². The number of carbonyl (C=O) groups excluding carboxylic acids is 1. The molecule has 14 heavy (non-hydrogen) atoms. The molecule has 1 aliphatic heterocycles. The van der Waals surface area contributed by atoms with E-state index in [-0.39, 0.29) is 6.61 Å². The van der Waals surface area contributed by atoms with E-state index in [0.29, 0.717) is 5.75 Å². The van der Waals surface area contributed by atoms with E-state index in [9.17, 15) is 4.79 Å². The summed E-state index contributed by atoms with van der Waals surface area (Å²) in [5.74, 6) is -0.355. The maximum Gasteiger partial charge on any atom is 0.511 e. The molecule has 1 saturated heterocycles. The van der Waals surface area contributed by atoms with Crippen LogP contribution in [0.4, 0.5) is 4.79 Å². The monoisotopic (exact) mass is 194 g/mol.